The summed E-state index contributed by atoms with van der Waals surface area (Å²) in [5.74, 6) is -2.40. The van der Waals surface area contributed by atoms with Crippen molar-refractivity contribution in [3.63, 3.8) is 0 Å². The van der Waals surface area contributed by atoms with E-state index in [0.29, 0.717) is 43.4 Å². The van der Waals surface area contributed by atoms with Crippen LogP contribution >= 0.6 is 11.3 Å². The van der Waals surface area contributed by atoms with E-state index in [0.717, 1.165) is 31.2 Å². The highest BCUT2D eigenvalue weighted by Gasteiger charge is 2.40. The van der Waals surface area contributed by atoms with E-state index in [1.165, 1.54) is 20.0 Å². The Kier molecular flexibility index (Phi) is 12.5. The number of nitrogens with zero attached hydrogens (tertiary/aromatic N) is 6. The SMILES string of the molecule is CC.CCN(c1nc(OC)nc2c(F)c(-c3ccc(F)c4sc(N)c(C#N)c34)c(C(F)(F)F)cc12)[C@H]1CCN(C(=O)C(C)C)C1.FC1CC2CCCN2C1. The third-order valence-electron chi connectivity index (χ3n) is 10.1. The highest BCUT2D eigenvalue weighted by Crippen LogP contribution is 2.48. The molecule has 3 aliphatic rings. The smallest absolute Gasteiger partial charge is 0.417 e. The van der Waals surface area contributed by atoms with Crippen molar-refractivity contribution < 1.29 is 35.9 Å². The number of hydrogen-bond donors (Lipinski definition) is 1. The number of carbonyl (C=O) groups excluding carboxylic acids is 1. The van der Waals surface area contributed by atoms with Crippen molar-refractivity contribution in [1.82, 2.24) is 19.8 Å². The quantitative estimate of drug-likeness (QED) is 0.194. The van der Waals surface area contributed by atoms with Crippen LogP contribution in [0.1, 0.15) is 71.4 Å². The number of fused-ring (bicyclic) bond motifs is 3. The first kappa shape index (κ1) is 40.8. The number of amides is 1. The van der Waals surface area contributed by atoms with Crippen molar-refractivity contribution in [2.45, 2.75) is 84.7 Å². The topological polar surface area (TPSA) is 112 Å². The van der Waals surface area contributed by atoms with Crippen molar-refractivity contribution >= 4 is 49.1 Å². The standard InChI is InChI=1S/C29H27F5N6O2S.C7H12FN.C2H6/c1-5-40(14-8-9-39(12-14)27(41)13(2)3)26-16-10-18(29(32,33)34)21(22(31)23(16)37-28(38-26)42-4)15-6-7-19(30)24-20(15)17(11-35)25(36)43-24;8-6-4-7-2-1-3-9(7)5-6;1-2/h6-7,10,13-14H,5,8-9,12,36H2,1-4H3;6-7H,1-5H2;1-2H3/t14-;;/m0../s1. The molecule has 16 heteroatoms. The molecule has 3 aliphatic heterocycles. The molecule has 3 atom stereocenters. The summed E-state index contributed by atoms with van der Waals surface area (Å²) >= 11 is 0.691. The molecule has 292 valence electrons. The van der Waals surface area contributed by atoms with Gasteiger partial charge >= 0.3 is 12.2 Å². The second kappa shape index (κ2) is 16.6. The number of anilines is 2. The number of hydrogen-bond acceptors (Lipinski definition) is 9. The molecule has 0 spiro atoms. The number of likely N-dealkylation sites (tertiary alicyclic amines) is 1. The Morgan fingerprint density at radius 1 is 1.17 bits per heavy atom. The summed E-state index contributed by atoms with van der Waals surface area (Å²) < 4.78 is 93.2. The van der Waals surface area contributed by atoms with Crippen LogP contribution in [0.25, 0.3) is 32.1 Å². The van der Waals surface area contributed by atoms with Gasteiger partial charge in [-0.3, -0.25) is 9.69 Å². The second-order valence-electron chi connectivity index (χ2n) is 13.6. The Bertz CT molecular complexity index is 2040. The van der Waals surface area contributed by atoms with E-state index < -0.39 is 40.6 Å². The summed E-state index contributed by atoms with van der Waals surface area (Å²) in [6.45, 7) is 12.3. The molecule has 0 aliphatic carbocycles. The van der Waals surface area contributed by atoms with Gasteiger partial charge in [0.05, 0.1) is 22.9 Å². The van der Waals surface area contributed by atoms with Gasteiger partial charge in [0, 0.05) is 60.5 Å². The highest BCUT2D eigenvalue weighted by molar-refractivity contribution is 7.23. The van der Waals surface area contributed by atoms with Gasteiger partial charge in [0.1, 0.15) is 34.4 Å². The Morgan fingerprint density at radius 3 is 2.50 bits per heavy atom. The maximum Gasteiger partial charge on any atom is 0.417 e. The van der Waals surface area contributed by atoms with Crippen LogP contribution in [0, 0.1) is 28.9 Å². The Hall–Kier alpha value is -4.36. The third kappa shape index (κ3) is 7.75. The van der Waals surface area contributed by atoms with Crippen LogP contribution in [0.15, 0.2) is 18.2 Å². The van der Waals surface area contributed by atoms with Crippen molar-refractivity contribution in [1.29, 1.82) is 5.26 Å². The van der Waals surface area contributed by atoms with E-state index in [-0.39, 0.29) is 67.8 Å². The largest absolute Gasteiger partial charge is 0.467 e. The van der Waals surface area contributed by atoms with Gasteiger partial charge < -0.3 is 20.3 Å². The molecule has 1 amide bonds. The summed E-state index contributed by atoms with van der Waals surface area (Å²) in [5.41, 5.74) is 2.59. The number of nitrogens with two attached hydrogens (primary N) is 1. The fourth-order valence-corrected chi connectivity index (χ4v) is 8.62. The number of likely N-dealkylation sites (N-methyl/N-ethyl adjacent to an activating group) is 1. The number of benzene rings is 2. The summed E-state index contributed by atoms with van der Waals surface area (Å²) in [7, 11) is 1.25. The lowest BCUT2D eigenvalue weighted by Gasteiger charge is -2.30. The third-order valence-corrected chi connectivity index (χ3v) is 11.1. The number of thiophene rings is 1. The van der Waals surface area contributed by atoms with Crippen LogP contribution < -0.4 is 15.4 Å². The molecule has 0 saturated carbocycles. The monoisotopic (exact) mass is 777 g/mol. The number of methoxy groups -OCH3 is 1. The van der Waals surface area contributed by atoms with Crippen LogP contribution in [0.3, 0.4) is 0 Å². The molecule has 3 fully saturated rings. The number of carbonyl (C=O) groups is 1. The molecule has 2 unspecified atom stereocenters. The van der Waals surface area contributed by atoms with Crippen molar-refractivity contribution in [2.75, 3.05) is 50.5 Å². The van der Waals surface area contributed by atoms with Gasteiger partial charge in [-0.1, -0.05) is 33.8 Å². The number of nitrogen functional groups attached to an aromatic ring is 1. The summed E-state index contributed by atoms with van der Waals surface area (Å²) in [6, 6.07) is 4.51. The van der Waals surface area contributed by atoms with E-state index in [1.54, 1.807) is 36.6 Å². The Balaban J connectivity index is 0.000000436. The van der Waals surface area contributed by atoms with Crippen LogP contribution in [-0.4, -0.2) is 83.8 Å². The average Bonchev–Trinajstić information content (AvgIpc) is 3.94. The van der Waals surface area contributed by atoms with Gasteiger partial charge in [-0.25, -0.2) is 13.2 Å². The minimum atomic E-state index is -5.07. The highest BCUT2D eigenvalue weighted by atomic mass is 32.1. The Labute approximate surface area is 314 Å². The zero-order chi connectivity index (χ0) is 39.6. The predicted molar refractivity (Wildman–Crippen MR) is 199 cm³/mol. The number of nitriles is 1. The fraction of sp³-hybridized carbons (Fsp3) is 0.526. The maximum absolute atomic E-state index is 16.6. The lowest BCUT2D eigenvalue weighted by atomic mass is 9.92. The molecular formula is C38H45F6N7O2S. The molecule has 4 aromatic rings. The van der Waals surface area contributed by atoms with Crippen molar-refractivity contribution in [3.8, 4) is 23.2 Å². The zero-order valence-corrected chi connectivity index (χ0v) is 32.0. The Morgan fingerprint density at radius 2 is 1.89 bits per heavy atom. The molecule has 5 heterocycles. The minimum Gasteiger partial charge on any atom is -0.467 e. The first-order valence-electron chi connectivity index (χ1n) is 18.2. The molecule has 7 rings (SSSR count). The number of rotatable bonds is 6. The number of alkyl halides is 4. The number of halogens is 6. The molecular weight excluding hydrogens is 733 g/mol. The van der Waals surface area contributed by atoms with E-state index in [4.69, 9.17) is 10.5 Å². The zero-order valence-electron chi connectivity index (χ0n) is 31.2. The van der Waals surface area contributed by atoms with Gasteiger partial charge in [-0.2, -0.15) is 28.4 Å². The summed E-state index contributed by atoms with van der Waals surface area (Å²) in [4.78, 5) is 26.8. The van der Waals surface area contributed by atoms with E-state index in [1.807, 2.05) is 13.8 Å². The first-order chi connectivity index (χ1) is 25.7. The van der Waals surface area contributed by atoms with Gasteiger partial charge in [-0.15, -0.1) is 11.3 Å². The van der Waals surface area contributed by atoms with Crippen molar-refractivity contribution in [3.05, 3.63) is 41.0 Å². The molecule has 54 heavy (non-hydrogen) atoms. The van der Waals surface area contributed by atoms with E-state index in [9.17, 15) is 32.0 Å². The van der Waals surface area contributed by atoms with Gasteiger partial charge in [0.2, 0.25) is 5.91 Å². The summed E-state index contributed by atoms with van der Waals surface area (Å²) in [5, 5.41) is 9.15. The van der Waals surface area contributed by atoms with Gasteiger partial charge in [0.15, 0.2) is 5.82 Å². The lowest BCUT2D eigenvalue weighted by Crippen LogP contribution is -2.40. The molecule has 2 aromatic heterocycles. The molecule has 0 bridgehead atoms. The van der Waals surface area contributed by atoms with Crippen LogP contribution in [-0.2, 0) is 11.0 Å². The minimum absolute atomic E-state index is 0.0193. The number of ether oxygens (including phenoxy) is 1. The summed E-state index contributed by atoms with van der Waals surface area (Å²) in [6.07, 6.45) is -1.73. The number of aromatic nitrogens is 2. The lowest BCUT2D eigenvalue weighted by molar-refractivity contribution is -0.137. The van der Waals surface area contributed by atoms with E-state index >= 15 is 4.39 Å². The molecule has 9 nitrogen and oxygen atoms in total. The normalized spacial score (nSPS) is 19.7. The molecule has 3 saturated heterocycles. The predicted octanol–water partition coefficient (Wildman–Crippen LogP) is 8.57. The molecule has 2 aromatic carbocycles. The second-order valence-corrected chi connectivity index (χ2v) is 14.6. The van der Waals surface area contributed by atoms with Crippen LogP contribution in [0.5, 0.6) is 6.01 Å². The molecule has 0 radical (unpaired) electrons. The van der Waals surface area contributed by atoms with E-state index in [2.05, 4.69) is 14.9 Å². The van der Waals surface area contributed by atoms with Crippen LogP contribution in [0.4, 0.5) is 37.2 Å². The molecule has 2 N–H and O–H groups in total. The van der Waals surface area contributed by atoms with Gasteiger partial charge in [0.25, 0.3) is 0 Å². The van der Waals surface area contributed by atoms with Crippen molar-refractivity contribution in [2.24, 2.45) is 5.92 Å². The first-order valence-corrected chi connectivity index (χ1v) is 19.0. The van der Waals surface area contributed by atoms with Crippen LogP contribution in [0.2, 0.25) is 0 Å². The average molecular weight is 778 g/mol. The maximum atomic E-state index is 16.6. The fourth-order valence-electron chi connectivity index (χ4n) is 7.67. The van der Waals surface area contributed by atoms with Gasteiger partial charge in [-0.05, 0) is 56.8 Å².